The van der Waals surface area contributed by atoms with E-state index in [0.29, 0.717) is 12.7 Å². The topological polar surface area (TPSA) is 18.5 Å². The van der Waals surface area contributed by atoms with Gasteiger partial charge in [-0.1, -0.05) is 78.1 Å². The molecule has 0 aromatic heterocycles. The molecule has 0 heterocycles. The Hall–Kier alpha value is -0.0800. The van der Waals surface area contributed by atoms with E-state index in [-0.39, 0.29) is 0 Å². The molecule has 2 heteroatoms. The maximum atomic E-state index is 5.32. The van der Waals surface area contributed by atoms with Crippen molar-refractivity contribution in [3.63, 3.8) is 0 Å². The molecule has 1 unspecified atom stereocenters. The van der Waals surface area contributed by atoms with Crippen molar-refractivity contribution >= 4 is 0 Å². The average molecular weight is 272 g/mol. The summed E-state index contributed by atoms with van der Waals surface area (Å²) in [5.41, 5.74) is 0. The lowest BCUT2D eigenvalue weighted by Crippen LogP contribution is -2.12. The van der Waals surface area contributed by atoms with E-state index < -0.39 is 0 Å². The molecule has 0 bridgehead atoms. The average Bonchev–Trinajstić information content (AvgIpc) is 2.44. The zero-order valence-electron chi connectivity index (χ0n) is 13.6. The molecule has 0 aliphatic rings. The van der Waals surface area contributed by atoms with Gasteiger partial charge >= 0.3 is 0 Å². The van der Waals surface area contributed by atoms with Crippen LogP contribution in [-0.4, -0.2) is 12.7 Å². The Morgan fingerprint density at radius 2 is 1.21 bits per heavy atom. The molecule has 0 spiro atoms. The molecule has 0 fully saturated rings. The summed E-state index contributed by atoms with van der Waals surface area (Å²) in [5.74, 6) is 0. The van der Waals surface area contributed by atoms with Crippen LogP contribution in [0.5, 0.6) is 0 Å². The lowest BCUT2D eigenvalue weighted by atomic mass is 10.0. The summed E-state index contributed by atoms with van der Waals surface area (Å²) >= 11 is 0. The molecule has 0 amide bonds. The van der Waals surface area contributed by atoms with Gasteiger partial charge in [0.2, 0.25) is 0 Å². The lowest BCUT2D eigenvalue weighted by Gasteiger charge is -2.13. The normalized spacial score (nSPS) is 12.8. The molecule has 1 atom stereocenters. The first kappa shape index (κ1) is 18.9. The van der Waals surface area contributed by atoms with Crippen molar-refractivity contribution in [3.8, 4) is 0 Å². The van der Waals surface area contributed by atoms with Gasteiger partial charge in [0, 0.05) is 0 Å². The smallest absolute Gasteiger partial charge is 0.0927 e. The van der Waals surface area contributed by atoms with E-state index in [9.17, 15) is 0 Å². The highest BCUT2D eigenvalue weighted by Gasteiger charge is 2.06. The van der Waals surface area contributed by atoms with Crippen LogP contribution in [0.4, 0.5) is 0 Å². The highest BCUT2D eigenvalue weighted by molar-refractivity contribution is 4.54. The minimum absolute atomic E-state index is 0.300. The largest absolute Gasteiger partial charge is 0.237 e. The SMILES string of the molecule is CCCCCCCCCCCCC(CC)OOCC. The Balaban J connectivity index is 3.16. The van der Waals surface area contributed by atoms with Crippen LogP contribution in [0, 0.1) is 0 Å². The van der Waals surface area contributed by atoms with Crippen molar-refractivity contribution < 1.29 is 9.78 Å². The summed E-state index contributed by atoms with van der Waals surface area (Å²) in [6.45, 7) is 7.06. The lowest BCUT2D eigenvalue weighted by molar-refractivity contribution is -0.322. The van der Waals surface area contributed by atoms with Crippen LogP contribution in [0.15, 0.2) is 0 Å². The second-order valence-electron chi connectivity index (χ2n) is 5.50. The fraction of sp³-hybridized carbons (Fsp3) is 1.00. The first-order valence-electron chi connectivity index (χ1n) is 8.63. The maximum Gasteiger partial charge on any atom is 0.0927 e. The van der Waals surface area contributed by atoms with Gasteiger partial charge in [-0.05, 0) is 19.8 Å². The first-order chi connectivity index (χ1) is 9.35. The highest BCUT2D eigenvalue weighted by Crippen LogP contribution is 2.14. The molecule has 116 valence electrons. The van der Waals surface area contributed by atoms with Crippen LogP contribution in [0.1, 0.15) is 97.8 Å². The molecule has 0 aliphatic heterocycles. The fourth-order valence-electron chi connectivity index (χ4n) is 2.34. The van der Waals surface area contributed by atoms with E-state index in [4.69, 9.17) is 9.78 Å². The molecule has 0 rings (SSSR count). The van der Waals surface area contributed by atoms with Gasteiger partial charge in [0.15, 0.2) is 0 Å². The van der Waals surface area contributed by atoms with E-state index in [2.05, 4.69) is 13.8 Å². The molecule has 0 radical (unpaired) electrons. The zero-order valence-corrected chi connectivity index (χ0v) is 13.6. The van der Waals surface area contributed by atoms with E-state index in [1.165, 1.54) is 64.2 Å². The Labute approximate surface area is 121 Å². The summed E-state index contributed by atoms with van der Waals surface area (Å²) in [6, 6.07) is 0. The second kappa shape index (κ2) is 16.0. The van der Waals surface area contributed by atoms with Crippen LogP contribution in [-0.2, 0) is 9.78 Å². The van der Waals surface area contributed by atoms with Gasteiger partial charge in [-0.2, -0.15) is 0 Å². The number of rotatable bonds is 15. The minimum atomic E-state index is 0.300. The second-order valence-corrected chi connectivity index (χ2v) is 5.50. The first-order valence-corrected chi connectivity index (χ1v) is 8.63. The Kier molecular flexibility index (Phi) is 15.9. The van der Waals surface area contributed by atoms with E-state index in [0.717, 1.165) is 12.8 Å². The van der Waals surface area contributed by atoms with Crippen molar-refractivity contribution in [1.29, 1.82) is 0 Å². The zero-order chi connectivity index (χ0) is 14.2. The standard InChI is InChI=1S/C17H36O2/c1-4-7-8-9-10-11-12-13-14-15-16-17(5-2)19-18-6-3/h17H,4-16H2,1-3H3. The van der Waals surface area contributed by atoms with Crippen molar-refractivity contribution in [3.05, 3.63) is 0 Å². The van der Waals surface area contributed by atoms with E-state index >= 15 is 0 Å². The third-order valence-electron chi connectivity index (χ3n) is 3.66. The number of unbranched alkanes of at least 4 members (excludes halogenated alkanes) is 9. The van der Waals surface area contributed by atoms with Crippen LogP contribution in [0.25, 0.3) is 0 Å². The van der Waals surface area contributed by atoms with Crippen molar-refractivity contribution in [1.82, 2.24) is 0 Å². The molecular formula is C17H36O2. The van der Waals surface area contributed by atoms with Crippen LogP contribution < -0.4 is 0 Å². The Bertz CT molecular complexity index is 159. The van der Waals surface area contributed by atoms with Gasteiger partial charge in [-0.15, -0.1) is 0 Å². The molecule has 2 nitrogen and oxygen atoms in total. The number of hydrogen-bond acceptors (Lipinski definition) is 2. The van der Waals surface area contributed by atoms with Crippen molar-refractivity contribution in [2.24, 2.45) is 0 Å². The fourth-order valence-corrected chi connectivity index (χ4v) is 2.34. The van der Waals surface area contributed by atoms with Crippen LogP contribution in [0.3, 0.4) is 0 Å². The predicted octanol–water partition coefficient (Wildman–Crippen LogP) is 6.04. The molecule has 0 saturated heterocycles. The van der Waals surface area contributed by atoms with Gasteiger partial charge in [-0.3, -0.25) is 0 Å². The Morgan fingerprint density at radius 1 is 0.684 bits per heavy atom. The molecule has 0 saturated carbocycles. The molecule has 0 aliphatic carbocycles. The van der Waals surface area contributed by atoms with Gasteiger partial charge < -0.3 is 0 Å². The van der Waals surface area contributed by atoms with Gasteiger partial charge in [0.05, 0.1) is 12.7 Å². The third kappa shape index (κ3) is 14.1. The van der Waals surface area contributed by atoms with Crippen molar-refractivity contribution in [2.45, 2.75) is 104 Å². The monoisotopic (exact) mass is 272 g/mol. The summed E-state index contributed by atoms with van der Waals surface area (Å²) in [4.78, 5) is 10.4. The molecular weight excluding hydrogens is 236 g/mol. The Morgan fingerprint density at radius 3 is 1.68 bits per heavy atom. The molecule has 0 aromatic rings. The molecule has 0 aromatic carbocycles. The molecule has 19 heavy (non-hydrogen) atoms. The van der Waals surface area contributed by atoms with Gasteiger partial charge in [0.1, 0.15) is 0 Å². The van der Waals surface area contributed by atoms with Crippen molar-refractivity contribution in [2.75, 3.05) is 6.61 Å². The molecule has 0 N–H and O–H groups in total. The maximum absolute atomic E-state index is 5.32. The van der Waals surface area contributed by atoms with Crippen LogP contribution >= 0.6 is 0 Å². The number of hydrogen-bond donors (Lipinski definition) is 0. The summed E-state index contributed by atoms with van der Waals surface area (Å²) in [6.07, 6.45) is 16.4. The van der Waals surface area contributed by atoms with E-state index in [1.54, 1.807) is 0 Å². The van der Waals surface area contributed by atoms with E-state index in [1.807, 2.05) is 6.92 Å². The summed E-state index contributed by atoms with van der Waals surface area (Å²) in [5, 5.41) is 0. The highest BCUT2D eigenvalue weighted by atomic mass is 17.2. The summed E-state index contributed by atoms with van der Waals surface area (Å²) in [7, 11) is 0. The van der Waals surface area contributed by atoms with Crippen LogP contribution in [0.2, 0.25) is 0 Å². The predicted molar refractivity (Wildman–Crippen MR) is 83.3 cm³/mol. The van der Waals surface area contributed by atoms with Gasteiger partial charge in [0.25, 0.3) is 0 Å². The summed E-state index contributed by atoms with van der Waals surface area (Å²) < 4.78 is 0. The third-order valence-corrected chi connectivity index (χ3v) is 3.66. The minimum Gasteiger partial charge on any atom is -0.237 e. The quantitative estimate of drug-likeness (QED) is 0.205. The van der Waals surface area contributed by atoms with Gasteiger partial charge in [-0.25, -0.2) is 9.78 Å².